The van der Waals surface area contributed by atoms with Crippen LogP contribution in [0.15, 0.2) is 12.4 Å². The highest BCUT2D eigenvalue weighted by Gasteiger charge is 2.40. The van der Waals surface area contributed by atoms with E-state index in [9.17, 15) is 4.79 Å². The Hall–Kier alpha value is -1.52. The minimum Gasteiger partial charge on any atom is -0.396 e. The van der Waals surface area contributed by atoms with Gasteiger partial charge in [0, 0.05) is 12.7 Å². The molecule has 1 aromatic heterocycles. The van der Waals surface area contributed by atoms with Crippen molar-refractivity contribution < 1.29 is 4.79 Å². The summed E-state index contributed by atoms with van der Waals surface area (Å²) in [4.78, 5) is 11.6. The summed E-state index contributed by atoms with van der Waals surface area (Å²) in [6.07, 6.45) is 6.81. The Morgan fingerprint density at radius 3 is 2.94 bits per heavy atom. The van der Waals surface area contributed by atoms with E-state index in [2.05, 4.69) is 17.3 Å². The van der Waals surface area contributed by atoms with Crippen LogP contribution in [-0.2, 0) is 11.3 Å². The molecule has 1 aromatic rings. The van der Waals surface area contributed by atoms with Crippen molar-refractivity contribution in [3.05, 3.63) is 12.4 Å². The molecule has 0 saturated heterocycles. The first-order valence-corrected chi connectivity index (χ1v) is 5.68. The zero-order chi connectivity index (χ0) is 11.6. The van der Waals surface area contributed by atoms with Gasteiger partial charge in [-0.2, -0.15) is 5.10 Å². The number of nitrogens with two attached hydrogens (primary N) is 1. The summed E-state index contributed by atoms with van der Waals surface area (Å²) < 4.78 is 1.55. The molecule has 0 aliphatic heterocycles. The van der Waals surface area contributed by atoms with Crippen molar-refractivity contribution in [2.75, 3.05) is 12.3 Å². The second kappa shape index (κ2) is 4.15. The summed E-state index contributed by atoms with van der Waals surface area (Å²) >= 11 is 0. The lowest BCUT2D eigenvalue weighted by Crippen LogP contribution is -2.32. The van der Waals surface area contributed by atoms with Crippen LogP contribution in [0.25, 0.3) is 0 Å². The number of nitrogens with zero attached hydrogens (tertiary/aromatic N) is 2. The van der Waals surface area contributed by atoms with Gasteiger partial charge in [-0.3, -0.25) is 9.48 Å². The zero-order valence-electron chi connectivity index (χ0n) is 9.57. The van der Waals surface area contributed by atoms with Crippen LogP contribution in [-0.4, -0.2) is 22.2 Å². The maximum atomic E-state index is 11.6. The maximum Gasteiger partial charge on any atom is 0.241 e. The number of hydrogen-bond acceptors (Lipinski definition) is 3. The van der Waals surface area contributed by atoms with Crippen LogP contribution in [0.5, 0.6) is 0 Å². The molecule has 1 saturated carbocycles. The van der Waals surface area contributed by atoms with Crippen LogP contribution < -0.4 is 11.1 Å². The molecule has 1 aliphatic carbocycles. The lowest BCUT2D eigenvalue weighted by Gasteiger charge is -2.13. The van der Waals surface area contributed by atoms with E-state index in [4.69, 9.17) is 5.73 Å². The molecule has 0 unspecified atom stereocenters. The first kappa shape index (κ1) is 11.0. The monoisotopic (exact) mass is 222 g/mol. The van der Waals surface area contributed by atoms with Gasteiger partial charge in [-0.25, -0.2) is 0 Å². The van der Waals surface area contributed by atoms with Crippen LogP contribution in [0.1, 0.15) is 26.2 Å². The van der Waals surface area contributed by atoms with Gasteiger partial charge in [0.25, 0.3) is 0 Å². The molecule has 16 heavy (non-hydrogen) atoms. The van der Waals surface area contributed by atoms with Gasteiger partial charge in [0.2, 0.25) is 5.91 Å². The first-order valence-electron chi connectivity index (χ1n) is 5.68. The zero-order valence-corrected chi connectivity index (χ0v) is 9.57. The fourth-order valence-corrected chi connectivity index (χ4v) is 1.79. The SMILES string of the molecule is CCC1(CNC(=O)Cn2cc(N)cn2)CC1. The van der Waals surface area contributed by atoms with E-state index in [1.807, 2.05) is 0 Å². The lowest BCUT2D eigenvalue weighted by atomic mass is 10.0. The largest absolute Gasteiger partial charge is 0.396 e. The molecule has 3 N–H and O–H groups in total. The third kappa shape index (κ3) is 2.53. The third-order valence-corrected chi connectivity index (χ3v) is 3.33. The van der Waals surface area contributed by atoms with Gasteiger partial charge >= 0.3 is 0 Å². The Morgan fingerprint density at radius 2 is 2.44 bits per heavy atom. The van der Waals surface area contributed by atoms with Crippen molar-refractivity contribution >= 4 is 11.6 Å². The quantitative estimate of drug-likeness (QED) is 0.773. The van der Waals surface area contributed by atoms with E-state index in [-0.39, 0.29) is 12.5 Å². The van der Waals surface area contributed by atoms with Crippen molar-refractivity contribution in [2.24, 2.45) is 5.41 Å². The molecular weight excluding hydrogens is 204 g/mol. The Bertz CT molecular complexity index is 381. The topological polar surface area (TPSA) is 72.9 Å². The van der Waals surface area contributed by atoms with Crippen LogP contribution in [0.3, 0.4) is 0 Å². The summed E-state index contributed by atoms with van der Waals surface area (Å²) in [5, 5.41) is 6.92. The summed E-state index contributed by atoms with van der Waals surface area (Å²) in [7, 11) is 0. The molecule has 88 valence electrons. The fourth-order valence-electron chi connectivity index (χ4n) is 1.79. The van der Waals surface area contributed by atoms with E-state index in [1.165, 1.54) is 12.8 Å². The Kier molecular flexibility index (Phi) is 2.85. The predicted molar refractivity (Wildman–Crippen MR) is 61.6 cm³/mol. The maximum absolute atomic E-state index is 11.6. The van der Waals surface area contributed by atoms with Crippen LogP contribution in [0.4, 0.5) is 5.69 Å². The Labute approximate surface area is 95.0 Å². The second-order valence-electron chi connectivity index (χ2n) is 4.60. The van der Waals surface area contributed by atoms with Gasteiger partial charge < -0.3 is 11.1 Å². The highest BCUT2D eigenvalue weighted by atomic mass is 16.2. The van der Waals surface area contributed by atoms with Gasteiger partial charge in [-0.1, -0.05) is 6.92 Å². The molecule has 1 aliphatic rings. The fraction of sp³-hybridized carbons (Fsp3) is 0.636. The molecule has 0 radical (unpaired) electrons. The molecule has 1 fully saturated rings. The van der Waals surface area contributed by atoms with Crippen LogP contribution in [0.2, 0.25) is 0 Å². The minimum atomic E-state index is 0.00262. The molecule has 0 bridgehead atoms. The molecule has 2 rings (SSSR count). The number of nitrogens with one attached hydrogen (secondary N) is 1. The normalized spacial score (nSPS) is 17.1. The second-order valence-corrected chi connectivity index (χ2v) is 4.60. The molecule has 5 nitrogen and oxygen atoms in total. The molecule has 1 amide bonds. The summed E-state index contributed by atoms with van der Waals surface area (Å²) in [6, 6.07) is 0. The molecule has 1 heterocycles. The van der Waals surface area contributed by atoms with Crippen molar-refractivity contribution in [3.63, 3.8) is 0 Å². The average molecular weight is 222 g/mol. The Morgan fingerprint density at radius 1 is 1.69 bits per heavy atom. The minimum absolute atomic E-state index is 0.00262. The third-order valence-electron chi connectivity index (χ3n) is 3.33. The van der Waals surface area contributed by atoms with Gasteiger partial charge in [0.15, 0.2) is 0 Å². The van der Waals surface area contributed by atoms with Crippen molar-refractivity contribution in [3.8, 4) is 0 Å². The highest BCUT2D eigenvalue weighted by molar-refractivity contribution is 5.75. The lowest BCUT2D eigenvalue weighted by molar-refractivity contribution is -0.122. The van der Waals surface area contributed by atoms with Crippen molar-refractivity contribution in [2.45, 2.75) is 32.7 Å². The van der Waals surface area contributed by atoms with Crippen molar-refractivity contribution in [1.82, 2.24) is 15.1 Å². The number of carbonyl (C=O) groups is 1. The first-order chi connectivity index (χ1) is 7.63. The van der Waals surface area contributed by atoms with Gasteiger partial charge in [-0.15, -0.1) is 0 Å². The number of carbonyl (C=O) groups excluding carboxylic acids is 1. The Balaban J connectivity index is 1.76. The van der Waals surface area contributed by atoms with Crippen LogP contribution in [0, 0.1) is 5.41 Å². The number of aromatic nitrogens is 2. The molecule has 0 atom stereocenters. The van der Waals surface area contributed by atoms with Crippen LogP contribution >= 0.6 is 0 Å². The standard InChI is InChI=1S/C11H18N4O/c1-2-11(3-4-11)8-13-10(16)7-15-6-9(12)5-14-15/h5-6H,2-4,7-8,12H2,1H3,(H,13,16). The smallest absolute Gasteiger partial charge is 0.241 e. The predicted octanol–water partition coefficient (Wildman–Crippen LogP) is 0.772. The number of hydrogen-bond donors (Lipinski definition) is 2. The summed E-state index contributed by atoms with van der Waals surface area (Å²) in [5.74, 6) is 0.00262. The summed E-state index contributed by atoms with van der Waals surface area (Å²) in [6.45, 7) is 3.21. The van der Waals surface area contributed by atoms with E-state index < -0.39 is 0 Å². The van der Waals surface area contributed by atoms with E-state index in [0.29, 0.717) is 11.1 Å². The summed E-state index contributed by atoms with van der Waals surface area (Å²) in [5.41, 5.74) is 6.49. The number of anilines is 1. The molecule has 0 spiro atoms. The number of rotatable bonds is 5. The van der Waals surface area contributed by atoms with E-state index >= 15 is 0 Å². The molecule has 5 heteroatoms. The number of nitrogen functional groups attached to an aromatic ring is 1. The van der Waals surface area contributed by atoms with E-state index in [0.717, 1.165) is 13.0 Å². The van der Waals surface area contributed by atoms with Gasteiger partial charge in [0.1, 0.15) is 6.54 Å². The number of amides is 1. The van der Waals surface area contributed by atoms with Gasteiger partial charge in [0.05, 0.1) is 11.9 Å². The highest BCUT2D eigenvalue weighted by Crippen LogP contribution is 2.47. The van der Waals surface area contributed by atoms with Crippen molar-refractivity contribution in [1.29, 1.82) is 0 Å². The average Bonchev–Trinajstić information content (AvgIpc) is 2.95. The van der Waals surface area contributed by atoms with E-state index in [1.54, 1.807) is 17.1 Å². The van der Waals surface area contributed by atoms with Gasteiger partial charge in [-0.05, 0) is 24.7 Å². The molecule has 0 aromatic carbocycles. The molecular formula is C11H18N4O.